The largest absolute Gasteiger partial charge is 0.490 e. The van der Waals surface area contributed by atoms with Crippen LogP contribution in [0.5, 0.6) is 5.75 Å². The van der Waals surface area contributed by atoms with E-state index in [2.05, 4.69) is 0 Å². The molecule has 1 aromatic rings. The first-order valence-electron chi connectivity index (χ1n) is 5.76. The molecule has 98 valence electrons. The van der Waals surface area contributed by atoms with Crippen molar-refractivity contribution in [3.63, 3.8) is 0 Å². The van der Waals surface area contributed by atoms with E-state index in [1.54, 1.807) is 12.1 Å². The zero-order chi connectivity index (χ0) is 14.3. The lowest BCUT2D eigenvalue weighted by Gasteiger charge is -2.09. The van der Waals surface area contributed by atoms with Gasteiger partial charge in [0.05, 0.1) is 11.6 Å². The minimum absolute atomic E-state index is 0.00577. The van der Waals surface area contributed by atoms with E-state index >= 15 is 0 Å². The average molecular weight is 279 g/mol. The lowest BCUT2D eigenvalue weighted by Crippen LogP contribution is -2.00. The number of hydrogen-bond acceptors (Lipinski definition) is 3. The number of halogens is 2. The van der Waals surface area contributed by atoms with Gasteiger partial charge in [-0.25, -0.2) is 4.39 Å². The van der Waals surface area contributed by atoms with Gasteiger partial charge in [0, 0.05) is 5.56 Å². The summed E-state index contributed by atoms with van der Waals surface area (Å²) in [5, 5.41) is 17.5. The van der Waals surface area contributed by atoms with Crippen LogP contribution in [0.15, 0.2) is 17.7 Å². The number of rotatable bonds is 5. The van der Waals surface area contributed by atoms with Crippen molar-refractivity contribution in [1.29, 1.82) is 10.5 Å². The van der Waals surface area contributed by atoms with E-state index in [4.69, 9.17) is 26.9 Å². The first-order valence-corrected chi connectivity index (χ1v) is 6.14. The molecule has 19 heavy (non-hydrogen) atoms. The second-order valence-electron chi connectivity index (χ2n) is 3.76. The molecule has 0 fully saturated rings. The van der Waals surface area contributed by atoms with Gasteiger partial charge in [-0.1, -0.05) is 24.9 Å². The van der Waals surface area contributed by atoms with Crippen LogP contribution in [0.4, 0.5) is 4.39 Å². The van der Waals surface area contributed by atoms with Gasteiger partial charge in [0.25, 0.3) is 0 Å². The van der Waals surface area contributed by atoms with Gasteiger partial charge in [0.1, 0.15) is 17.7 Å². The standard InChI is InChI=1S/C14H12ClFN2O/c1-2-3-6-19-13-5-4-12(15)11(14(13)16)7-10(8-17)9-18/h4-5,7H,2-3,6H2,1H3. The van der Waals surface area contributed by atoms with Crippen molar-refractivity contribution < 1.29 is 9.13 Å². The molecule has 0 heterocycles. The zero-order valence-corrected chi connectivity index (χ0v) is 11.2. The summed E-state index contributed by atoms with van der Waals surface area (Å²) in [6.07, 6.45) is 2.87. The first kappa shape index (κ1) is 15.0. The number of hydrogen-bond donors (Lipinski definition) is 0. The Morgan fingerprint density at radius 1 is 1.42 bits per heavy atom. The highest BCUT2D eigenvalue weighted by atomic mass is 35.5. The molecule has 0 radical (unpaired) electrons. The third-order valence-electron chi connectivity index (χ3n) is 2.38. The van der Waals surface area contributed by atoms with Crippen LogP contribution in [0.1, 0.15) is 25.3 Å². The van der Waals surface area contributed by atoms with Gasteiger partial charge in [0.15, 0.2) is 11.6 Å². The number of nitriles is 2. The summed E-state index contributed by atoms with van der Waals surface area (Å²) in [4.78, 5) is 0. The van der Waals surface area contributed by atoms with Gasteiger partial charge >= 0.3 is 0 Å². The maximum Gasteiger partial charge on any atom is 0.173 e. The molecule has 5 heteroatoms. The lowest BCUT2D eigenvalue weighted by molar-refractivity contribution is 0.294. The molecule has 3 nitrogen and oxygen atoms in total. The predicted octanol–water partition coefficient (Wildman–Crippen LogP) is 4.09. The Labute approximate surface area is 116 Å². The number of allylic oxidation sites excluding steroid dienone is 1. The normalized spacial score (nSPS) is 9.32. The SMILES string of the molecule is CCCCOc1ccc(Cl)c(C=C(C#N)C#N)c1F. The van der Waals surface area contributed by atoms with Crippen LogP contribution in [-0.2, 0) is 0 Å². The minimum Gasteiger partial charge on any atom is -0.490 e. The van der Waals surface area contributed by atoms with E-state index in [9.17, 15) is 4.39 Å². The van der Waals surface area contributed by atoms with Crippen LogP contribution >= 0.6 is 11.6 Å². The summed E-state index contributed by atoms with van der Waals surface area (Å²) in [7, 11) is 0. The summed E-state index contributed by atoms with van der Waals surface area (Å²) < 4.78 is 19.4. The van der Waals surface area contributed by atoms with Gasteiger partial charge in [-0.2, -0.15) is 10.5 Å². The Morgan fingerprint density at radius 3 is 2.68 bits per heavy atom. The van der Waals surface area contributed by atoms with E-state index < -0.39 is 5.82 Å². The predicted molar refractivity (Wildman–Crippen MR) is 71.0 cm³/mol. The summed E-state index contributed by atoms with van der Waals surface area (Å²) in [6.45, 7) is 2.41. The molecule has 0 atom stereocenters. The van der Waals surface area contributed by atoms with E-state index in [0.717, 1.165) is 18.9 Å². The van der Waals surface area contributed by atoms with Gasteiger partial charge in [-0.3, -0.25) is 0 Å². The fraction of sp³-hybridized carbons (Fsp3) is 0.286. The summed E-state index contributed by atoms with van der Waals surface area (Å²) in [5.74, 6) is -0.592. The van der Waals surface area contributed by atoms with E-state index in [1.807, 2.05) is 6.92 Å². The number of ether oxygens (including phenoxy) is 1. The second-order valence-corrected chi connectivity index (χ2v) is 4.16. The third kappa shape index (κ3) is 3.98. The fourth-order valence-corrected chi connectivity index (χ4v) is 1.55. The molecule has 0 saturated heterocycles. The smallest absolute Gasteiger partial charge is 0.173 e. The van der Waals surface area contributed by atoms with Crippen molar-refractivity contribution in [2.45, 2.75) is 19.8 Å². The lowest BCUT2D eigenvalue weighted by atomic mass is 10.1. The summed E-state index contributed by atoms with van der Waals surface area (Å²) >= 11 is 5.86. The molecule has 1 rings (SSSR count). The Morgan fingerprint density at radius 2 is 2.11 bits per heavy atom. The van der Waals surface area contributed by atoms with Crippen molar-refractivity contribution >= 4 is 17.7 Å². The fourth-order valence-electron chi connectivity index (χ4n) is 1.35. The number of unbranched alkanes of at least 4 members (excludes halogenated alkanes) is 1. The summed E-state index contributed by atoms with van der Waals surface area (Å²) in [5.41, 5.74) is -0.222. The van der Waals surface area contributed by atoms with Crippen LogP contribution < -0.4 is 4.74 Å². The van der Waals surface area contributed by atoms with Crippen LogP contribution in [0.3, 0.4) is 0 Å². The van der Waals surface area contributed by atoms with Crippen molar-refractivity contribution in [3.8, 4) is 17.9 Å². The molecule has 0 aliphatic rings. The quantitative estimate of drug-likeness (QED) is 0.602. The van der Waals surface area contributed by atoms with Gasteiger partial charge in [0.2, 0.25) is 0 Å². The first-order chi connectivity index (χ1) is 9.13. The maximum atomic E-state index is 14.1. The van der Waals surface area contributed by atoms with E-state index in [-0.39, 0.29) is 21.9 Å². The van der Waals surface area contributed by atoms with Crippen molar-refractivity contribution in [3.05, 3.63) is 34.1 Å². The molecule has 0 saturated carbocycles. The molecular weight excluding hydrogens is 267 g/mol. The zero-order valence-electron chi connectivity index (χ0n) is 10.4. The minimum atomic E-state index is -0.661. The second kappa shape index (κ2) is 7.41. The van der Waals surface area contributed by atoms with Crippen molar-refractivity contribution in [1.82, 2.24) is 0 Å². The highest BCUT2D eigenvalue weighted by Gasteiger charge is 2.12. The molecule has 0 bridgehead atoms. The molecule has 0 aliphatic heterocycles. The van der Waals surface area contributed by atoms with Crippen LogP contribution in [0, 0.1) is 28.5 Å². The highest BCUT2D eigenvalue weighted by Crippen LogP contribution is 2.29. The number of nitrogens with zero attached hydrogens (tertiary/aromatic N) is 2. The molecule has 0 amide bonds. The average Bonchev–Trinajstić information content (AvgIpc) is 2.42. The molecule has 0 spiro atoms. The Balaban J connectivity index is 3.12. The van der Waals surface area contributed by atoms with E-state index in [1.165, 1.54) is 12.1 Å². The topological polar surface area (TPSA) is 56.8 Å². The third-order valence-corrected chi connectivity index (χ3v) is 2.71. The maximum absolute atomic E-state index is 14.1. The van der Waals surface area contributed by atoms with Gasteiger partial charge < -0.3 is 4.74 Å². The molecule has 0 aromatic heterocycles. The molecule has 0 unspecified atom stereocenters. The molecule has 0 N–H and O–H groups in total. The summed E-state index contributed by atoms with van der Waals surface area (Å²) in [6, 6.07) is 6.23. The Hall–Kier alpha value is -2.04. The molecular formula is C14H12ClFN2O. The van der Waals surface area contributed by atoms with Gasteiger partial charge in [-0.15, -0.1) is 0 Å². The highest BCUT2D eigenvalue weighted by molar-refractivity contribution is 6.32. The molecule has 0 aliphatic carbocycles. The Bertz CT molecular complexity index is 554. The van der Waals surface area contributed by atoms with E-state index in [0.29, 0.717) is 6.61 Å². The van der Waals surface area contributed by atoms with Crippen LogP contribution in [-0.4, -0.2) is 6.61 Å². The number of benzene rings is 1. The van der Waals surface area contributed by atoms with Crippen LogP contribution in [0.2, 0.25) is 5.02 Å². The van der Waals surface area contributed by atoms with Crippen molar-refractivity contribution in [2.75, 3.05) is 6.61 Å². The van der Waals surface area contributed by atoms with Crippen molar-refractivity contribution in [2.24, 2.45) is 0 Å². The monoisotopic (exact) mass is 278 g/mol. The Kier molecular flexibility index (Phi) is 5.85. The van der Waals surface area contributed by atoms with Crippen LogP contribution in [0.25, 0.3) is 6.08 Å². The van der Waals surface area contributed by atoms with Gasteiger partial charge in [-0.05, 0) is 24.6 Å². The molecule has 1 aromatic carbocycles.